The van der Waals surface area contributed by atoms with Gasteiger partial charge < -0.3 is 19.2 Å². The minimum Gasteiger partial charge on any atom is -0.477 e. The lowest BCUT2D eigenvalue weighted by Gasteiger charge is -2.32. The van der Waals surface area contributed by atoms with Crippen LogP contribution in [0.1, 0.15) is 35.4 Å². The summed E-state index contributed by atoms with van der Waals surface area (Å²) in [5.74, 6) is -2.94. The molecule has 3 heterocycles. The minimum atomic E-state index is -4.28. The molecule has 3 aromatic heterocycles. The van der Waals surface area contributed by atoms with Gasteiger partial charge in [0, 0.05) is 42.3 Å². The first kappa shape index (κ1) is 27.9. The molecule has 1 aliphatic rings. The van der Waals surface area contributed by atoms with Crippen molar-refractivity contribution in [2.45, 2.75) is 31.9 Å². The van der Waals surface area contributed by atoms with E-state index in [4.69, 9.17) is 9.15 Å². The van der Waals surface area contributed by atoms with Gasteiger partial charge in [0.1, 0.15) is 16.2 Å². The maximum Gasteiger partial charge on any atom is 0.391 e. The van der Waals surface area contributed by atoms with Gasteiger partial charge in [0.2, 0.25) is 5.91 Å². The molecular weight excluding hydrogens is 545 g/mol. The Morgan fingerprint density at radius 2 is 1.80 bits per heavy atom. The number of benzene rings is 1. The summed E-state index contributed by atoms with van der Waals surface area (Å²) in [4.78, 5) is 32.0. The number of anilines is 1. The number of carbonyl (C=O) groups excluding carboxylic acids is 1. The van der Waals surface area contributed by atoms with Crippen molar-refractivity contribution in [3.63, 3.8) is 0 Å². The monoisotopic (exact) mass is 572 g/mol. The Morgan fingerprint density at radius 3 is 2.42 bits per heavy atom. The van der Waals surface area contributed by atoms with E-state index in [9.17, 15) is 27.9 Å². The lowest BCUT2D eigenvalue weighted by Crippen LogP contribution is -2.41. The highest BCUT2D eigenvalue weighted by Gasteiger charge is 2.43. The third-order valence-corrected chi connectivity index (χ3v) is 8.42. The van der Waals surface area contributed by atoms with Crippen molar-refractivity contribution in [2.75, 3.05) is 25.2 Å². The van der Waals surface area contributed by atoms with Crippen LogP contribution in [0, 0.1) is 11.8 Å². The van der Waals surface area contributed by atoms with E-state index >= 15 is 0 Å². The molecule has 5 rings (SSSR count). The molecule has 0 aliphatic heterocycles. The maximum atomic E-state index is 13.5. The number of carboxylic acids is 1. The van der Waals surface area contributed by atoms with E-state index in [2.05, 4.69) is 4.98 Å². The van der Waals surface area contributed by atoms with Crippen molar-refractivity contribution in [2.24, 2.45) is 11.8 Å². The summed E-state index contributed by atoms with van der Waals surface area (Å²) in [5, 5.41) is 9.98. The number of thiophene rings is 1. The molecule has 1 N–H and O–H groups in total. The molecule has 11 heteroatoms. The number of halogens is 3. The van der Waals surface area contributed by atoms with E-state index < -0.39 is 24.0 Å². The zero-order valence-electron chi connectivity index (χ0n) is 21.6. The van der Waals surface area contributed by atoms with Crippen LogP contribution in [-0.2, 0) is 9.53 Å². The summed E-state index contributed by atoms with van der Waals surface area (Å²) >= 11 is 1.04. The number of hydrogen-bond acceptors (Lipinski definition) is 6. The van der Waals surface area contributed by atoms with Gasteiger partial charge in [0.25, 0.3) is 0 Å². The van der Waals surface area contributed by atoms with Crippen molar-refractivity contribution in [1.82, 2.24) is 4.98 Å². The van der Waals surface area contributed by atoms with Gasteiger partial charge in [-0.15, -0.1) is 11.3 Å². The van der Waals surface area contributed by atoms with Crippen LogP contribution in [0.25, 0.3) is 32.9 Å². The van der Waals surface area contributed by atoms with E-state index in [0.717, 1.165) is 28.0 Å². The predicted molar refractivity (Wildman–Crippen MR) is 145 cm³/mol. The molecule has 7 nitrogen and oxygen atoms in total. The number of aromatic carboxylic acids is 1. The number of fused-ring (bicyclic) bond motifs is 1. The van der Waals surface area contributed by atoms with Gasteiger partial charge >= 0.3 is 12.1 Å². The number of carbonyl (C=O) groups is 2. The summed E-state index contributed by atoms with van der Waals surface area (Å²) in [6.07, 6.45) is -2.62. The lowest BCUT2D eigenvalue weighted by atomic mass is 9.81. The normalized spacial score (nSPS) is 17.7. The number of pyridine rings is 1. The number of aromatic nitrogens is 1. The van der Waals surface area contributed by atoms with Gasteiger partial charge in [0.05, 0.1) is 18.2 Å². The average Bonchev–Trinajstić information content (AvgIpc) is 3.58. The molecule has 1 aliphatic carbocycles. The summed E-state index contributed by atoms with van der Waals surface area (Å²) in [6.45, 7) is 0.235. The van der Waals surface area contributed by atoms with Gasteiger partial charge in [-0.05, 0) is 49.4 Å². The smallest absolute Gasteiger partial charge is 0.391 e. The Hall–Kier alpha value is -3.70. The molecule has 4 aromatic rings. The number of carboxylic acid groups (broad SMARTS) is 1. The number of ether oxygens (including phenoxy) is 1. The second-order valence-electron chi connectivity index (χ2n) is 9.78. The molecule has 1 saturated carbocycles. The number of alkyl halides is 3. The molecule has 0 atom stereocenters. The van der Waals surface area contributed by atoms with E-state index in [1.165, 1.54) is 12.0 Å². The SMILES string of the molecule is COCCN(c1cc(-c2ccc(-c3cc4ncccc4o3)cc2)sc1C(=O)O)C(=O)[C@H]1CC[C@H](C(F)(F)F)CC1. The summed E-state index contributed by atoms with van der Waals surface area (Å²) in [7, 11) is 1.47. The molecule has 0 bridgehead atoms. The molecule has 0 unspecified atom stereocenters. The highest BCUT2D eigenvalue weighted by molar-refractivity contribution is 7.18. The van der Waals surface area contributed by atoms with Crippen molar-refractivity contribution in [1.29, 1.82) is 0 Å². The third kappa shape index (κ3) is 5.75. The fourth-order valence-corrected chi connectivity index (χ4v) is 6.11. The third-order valence-electron chi connectivity index (χ3n) is 7.26. The van der Waals surface area contributed by atoms with Gasteiger partial charge in [-0.2, -0.15) is 13.2 Å². The van der Waals surface area contributed by atoms with E-state index in [0.29, 0.717) is 16.2 Å². The molecule has 1 fully saturated rings. The van der Waals surface area contributed by atoms with Crippen molar-refractivity contribution in [3.8, 4) is 21.8 Å². The Bertz CT molecular complexity index is 1470. The highest BCUT2D eigenvalue weighted by Crippen LogP contribution is 2.42. The van der Waals surface area contributed by atoms with Crippen LogP contribution >= 0.6 is 11.3 Å². The van der Waals surface area contributed by atoms with Gasteiger partial charge in [-0.1, -0.05) is 24.3 Å². The van der Waals surface area contributed by atoms with Crippen LogP contribution in [0.3, 0.4) is 0 Å². The van der Waals surface area contributed by atoms with Crippen molar-refractivity contribution >= 4 is 40.0 Å². The quantitative estimate of drug-likeness (QED) is 0.239. The number of rotatable bonds is 8. The standard InChI is InChI=1S/C29H27F3N2O5S/c1-38-14-13-34(27(35)19-8-10-20(11-9-19)29(30,31)32)22-16-25(40-26(22)28(36)37)18-6-4-17(5-7-18)24-15-21-23(39-24)3-2-12-33-21/h2-7,12,15-16,19-20H,8-11,13-14H2,1H3,(H,36,37)/t19-,20-. The molecule has 0 spiro atoms. The summed E-state index contributed by atoms with van der Waals surface area (Å²) in [6, 6.07) is 14.5. The molecule has 0 radical (unpaired) electrons. The topological polar surface area (TPSA) is 92.9 Å². The molecule has 1 aromatic carbocycles. The van der Waals surface area contributed by atoms with Crippen LogP contribution in [0.5, 0.6) is 0 Å². The van der Waals surface area contributed by atoms with E-state index in [1.807, 2.05) is 36.4 Å². The second-order valence-corrected chi connectivity index (χ2v) is 10.8. The highest BCUT2D eigenvalue weighted by atomic mass is 32.1. The number of nitrogens with zero attached hydrogens (tertiary/aromatic N) is 2. The summed E-state index contributed by atoms with van der Waals surface area (Å²) in [5.41, 5.74) is 3.21. The number of furan rings is 1. The predicted octanol–water partition coefficient (Wildman–Crippen LogP) is 7.27. The minimum absolute atomic E-state index is 0.0177. The van der Waals surface area contributed by atoms with Gasteiger partial charge in [0.15, 0.2) is 5.58 Å². The Kier molecular flexibility index (Phi) is 7.95. The Labute approximate surface area is 232 Å². The molecule has 210 valence electrons. The largest absolute Gasteiger partial charge is 0.477 e. The lowest BCUT2D eigenvalue weighted by molar-refractivity contribution is -0.184. The van der Waals surface area contributed by atoms with Crippen molar-refractivity contribution in [3.05, 3.63) is 59.6 Å². The van der Waals surface area contributed by atoms with Crippen LogP contribution in [0.4, 0.5) is 18.9 Å². The molecule has 0 saturated heterocycles. The van der Waals surface area contributed by atoms with Crippen molar-refractivity contribution < 1.29 is 37.0 Å². The van der Waals surface area contributed by atoms with E-state index in [1.54, 1.807) is 18.3 Å². The number of hydrogen-bond donors (Lipinski definition) is 1. The summed E-state index contributed by atoms with van der Waals surface area (Å²) < 4.78 is 50.5. The van der Waals surface area contributed by atoms with Gasteiger partial charge in [-0.25, -0.2) is 4.79 Å². The molecular formula is C29H27F3N2O5S. The van der Waals surface area contributed by atoms with Crippen LogP contribution < -0.4 is 4.90 Å². The Morgan fingerprint density at radius 1 is 1.10 bits per heavy atom. The second kappa shape index (κ2) is 11.4. The van der Waals surface area contributed by atoms with Crippen LogP contribution in [0.15, 0.2) is 59.1 Å². The first-order valence-corrected chi connectivity index (χ1v) is 13.7. The molecule has 1 amide bonds. The van der Waals surface area contributed by atoms with Crippen LogP contribution in [-0.4, -0.2) is 48.4 Å². The fraction of sp³-hybridized carbons (Fsp3) is 0.345. The zero-order valence-corrected chi connectivity index (χ0v) is 22.4. The molecule has 40 heavy (non-hydrogen) atoms. The zero-order chi connectivity index (χ0) is 28.4. The Balaban J connectivity index is 1.41. The average molecular weight is 573 g/mol. The van der Waals surface area contributed by atoms with E-state index in [-0.39, 0.29) is 55.3 Å². The first-order chi connectivity index (χ1) is 19.2. The maximum absolute atomic E-state index is 13.5. The number of methoxy groups -OCH3 is 1. The fourth-order valence-electron chi connectivity index (χ4n) is 5.11. The van der Waals surface area contributed by atoms with Crippen LogP contribution in [0.2, 0.25) is 0 Å². The van der Waals surface area contributed by atoms with Gasteiger partial charge in [-0.3, -0.25) is 9.78 Å². The number of amides is 1. The first-order valence-electron chi connectivity index (χ1n) is 12.8.